The molecule has 1 heterocycles. The van der Waals surface area contributed by atoms with Gasteiger partial charge in [-0.3, -0.25) is 9.59 Å². The summed E-state index contributed by atoms with van der Waals surface area (Å²) in [5.74, 6) is 1.75. The van der Waals surface area contributed by atoms with E-state index in [2.05, 4.69) is 21.7 Å². The van der Waals surface area contributed by atoms with Crippen LogP contribution in [0.5, 0.6) is 0 Å². The van der Waals surface area contributed by atoms with E-state index >= 15 is 0 Å². The van der Waals surface area contributed by atoms with Crippen LogP contribution >= 0.6 is 0 Å². The maximum Gasteiger partial charge on any atom is 0.280 e. The molecule has 0 saturated carbocycles. The topological polar surface area (TPSA) is 79.3 Å². The summed E-state index contributed by atoms with van der Waals surface area (Å²) in [4.78, 5) is 26.9. The summed E-state index contributed by atoms with van der Waals surface area (Å²) < 4.78 is 14.3. The van der Waals surface area contributed by atoms with Crippen LogP contribution in [0.1, 0.15) is 15.9 Å². The van der Waals surface area contributed by atoms with E-state index < -0.39 is 11.5 Å². The number of amides is 1. The summed E-state index contributed by atoms with van der Waals surface area (Å²) in [5, 5.41) is 9.86. The van der Waals surface area contributed by atoms with Crippen LogP contribution in [0.15, 0.2) is 35.1 Å². The summed E-state index contributed by atoms with van der Waals surface area (Å²) in [6, 6.07) is 7.15. The second-order valence-electron chi connectivity index (χ2n) is 6.15. The van der Waals surface area contributed by atoms with Crippen molar-refractivity contribution in [2.45, 2.75) is 6.54 Å². The van der Waals surface area contributed by atoms with Crippen LogP contribution in [-0.4, -0.2) is 54.3 Å². The lowest BCUT2D eigenvalue weighted by Gasteiger charge is -2.14. The van der Waals surface area contributed by atoms with Gasteiger partial charge in [0.15, 0.2) is 0 Å². The fourth-order valence-corrected chi connectivity index (χ4v) is 2.29. The van der Waals surface area contributed by atoms with E-state index in [0.717, 1.165) is 6.54 Å². The first-order valence-corrected chi connectivity index (χ1v) is 8.37. The predicted molar refractivity (Wildman–Crippen MR) is 102 cm³/mol. The van der Waals surface area contributed by atoms with Gasteiger partial charge in [-0.25, -0.2) is 9.07 Å². The van der Waals surface area contributed by atoms with Crippen molar-refractivity contribution in [1.82, 2.24) is 20.0 Å². The van der Waals surface area contributed by atoms with Crippen LogP contribution < -0.4 is 16.2 Å². The maximum absolute atomic E-state index is 13.1. The standard InChI is InChI=1S/C19H22FN5O2/c1-4-9-22-18(26)16-12-17(21-10-11-24(2)3)23-25(19(16)27)13-14-5-7-15(20)8-6-14/h1,5-8,12H,9-11,13H2,2-3H3,(H,21,23)(H,22,26). The molecule has 0 fully saturated rings. The highest BCUT2D eigenvalue weighted by Gasteiger charge is 2.15. The lowest BCUT2D eigenvalue weighted by atomic mass is 10.2. The van der Waals surface area contributed by atoms with Crippen molar-refractivity contribution < 1.29 is 9.18 Å². The van der Waals surface area contributed by atoms with E-state index in [1.807, 2.05) is 19.0 Å². The molecule has 142 valence electrons. The van der Waals surface area contributed by atoms with Crippen LogP contribution in [0.25, 0.3) is 0 Å². The van der Waals surface area contributed by atoms with Gasteiger partial charge >= 0.3 is 0 Å². The van der Waals surface area contributed by atoms with Crippen LogP contribution in [0, 0.1) is 18.2 Å². The van der Waals surface area contributed by atoms with Gasteiger partial charge in [0.2, 0.25) is 0 Å². The Morgan fingerprint density at radius 3 is 2.67 bits per heavy atom. The zero-order chi connectivity index (χ0) is 19.8. The molecule has 27 heavy (non-hydrogen) atoms. The van der Waals surface area contributed by atoms with Crippen molar-refractivity contribution in [1.29, 1.82) is 0 Å². The second-order valence-corrected chi connectivity index (χ2v) is 6.15. The van der Waals surface area contributed by atoms with E-state index in [1.165, 1.54) is 22.9 Å². The number of hydrogen-bond acceptors (Lipinski definition) is 5. The van der Waals surface area contributed by atoms with Gasteiger partial charge in [0.05, 0.1) is 13.1 Å². The number of aromatic nitrogens is 2. The SMILES string of the molecule is C#CCNC(=O)c1cc(NCCN(C)C)nn(Cc2ccc(F)cc2)c1=O. The Bertz CT molecular complexity index is 884. The van der Waals surface area contributed by atoms with Crippen LogP contribution in [-0.2, 0) is 6.54 Å². The van der Waals surface area contributed by atoms with Crippen molar-refractivity contribution in [2.24, 2.45) is 0 Å². The zero-order valence-electron chi connectivity index (χ0n) is 15.3. The number of likely N-dealkylation sites (N-methyl/N-ethyl adjacent to an activating group) is 1. The highest BCUT2D eigenvalue weighted by Crippen LogP contribution is 2.07. The number of carbonyl (C=O) groups is 1. The predicted octanol–water partition coefficient (Wildman–Crippen LogP) is 0.767. The maximum atomic E-state index is 13.1. The molecule has 0 aliphatic rings. The van der Waals surface area contributed by atoms with Gasteiger partial charge in [-0.15, -0.1) is 6.42 Å². The molecule has 0 spiro atoms. The van der Waals surface area contributed by atoms with Crippen molar-refractivity contribution in [3.05, 3.63) is 57.6 Å². The third kappa shape index (κ3) is 5.94. The minimum Gasteiger partial charge on any atom is -0.367 e. The van der Waals surface area contributed by atoms with Gasteiger partial charge in [0.25, 0.3) is 11.5 Å². The van der Waals surface area contributed by atoms with Crippen molar-refractivity contribution in [3.8, 4) is 12.3 Å². The molecule has 8 heteroatoms. The van der Waals surface area contributed by atoms with E-state index in [1.54, 1.807) is 12.1 Å². The number of anilines is 1. The van der Waals surface area contributed by atoms with E-state index in [-0.39, 0.29) is 24.5 Å². The number of halogens is 1. The zero-order valence-corrected chi connectivity index (χ0v) is 15.3. The molecule has 0 atom stereocenters. The normalized spacial score (nSPS) is 10.5. The first-order chi connectivity index (χ1) is 12.9. The Labute approximate surface area is 157 Å². The summed E-state index contributed by atoms with van der Waals surface area (Å²) in [6.07, 6.45) is 5.15. The van der Waals surface area contributed by atoms with Gasteiger partial charge < -0.3 is 15.5 Å². The van der Waals surface area contributed by atoms with Crippen LogP contribution in [0.4, 0.5) is 10.2 Å². The molecule has 0 saturated heterocycles. The van der Waals surface area contributed by atoms with Crippen LogP contribution in [0.3, 0.4) is 0 Å². The van der Waals surface area contributed by atoms with Crippen molar-refractivity contribution in [3.63, 3.8) is 0 Å². The largest absolute Gasteiger partial charge is 0.367 e. The summed E-state index contributed by atoms with van der Waals surface area (Å²) in [6.45, 7) is 1.46. The molecule has 1 amide bonds. The number of rotatable bonds is 8. The van der Waals surface area contributed by atoms with E-state index in [9.17, 15) is 14.0 Å². The fraction of sp³-hybridized carbons (Fsp3) is 0.316. The number of terminal acetylenes is 1. The van der Waals surface area contributed by atoms with Crippen LogP contribution in [0.2, 0.25) is 0 Å². The van der Waals surface area contributed by atoms with Gasteiger partial charge in [0.1, 0.15) is 17.2 Å². The quantitative estimate of drug-likeness (QED) is 0.670. The van der Waals surface area contributed by atoms with Crippen molar-refractivity contribution >= 4 is 11.7 Å². The smallest absolute Gasteiger partial charge is 0.280 e. The second kappa shape index (κ2) is 9.50. The highest BCUT2D eigenvalue weighted by atomic mass is 19.1. The molecule has 0 radical (unpaired) electrons. The summed E-state index contributed by atoms with van der Waals surface area (Å²) in [5.41, 5.74) is 0.0770. The fourth-order valence-electron chi connectivity index (χ4n) is 2.29. The average Bonchev–Trinajstić information content (AvgIpc) is 2.63. The van der Waals surface area contributed by atoms with Gasteiger partial charge in [-0.2, -0.15) is 5.10 Å². The third-order valence-electron chi connectivity index (χ3n) is 3.68. The summed E-state index contributed by atoms with van der Waals surface area (Å²) >= 11 is 0. The van der Waals surface area contributed by atoms with Crippen molar-refractivity contribution in [2.75, 3.05) is 39.0 Å². The molecule has 1 aromatic carbocycles. The van der Waals surface area contributed by atoms with Gasteiger partial charge in [-0.05, 0) is 31.8 Å². The number of carbonyl (C=O) groups excluding carboxylic acids is 1. The minimum absolute atomic E-state index is 0.0158. The molecule has 0 bridgehead atoms. The number of nitrogens with zero attached hydrogens (tertiary/aromatic N) is 3. The lowest BCUT2D eigenvalue weighted by Crippen LogP contribution is -2.35. The lowest BCUT2D eigenvalue weighted by molar-refractivity contribution is 0.0956. The molecule has 0 aliphatic heterocycles. The molecular weight excluding hydrogens is 349 g/mol. The first kappa shape index (κ1) is 20.1. The average molecular weight is 371 g/mol. The molecule has 2 rings (SSSR count). The monoisotopic (exact) mass is 371 g/mol. The molecule has 0 unspecified atom stereocenters. The van der Waals surface area contributed by atoms with E-state index in [0.29, 0.717) is 17.9 Å². The van der Waals surface area contributed by atoms with E-state index in [4.69, 9.17) is 6.42 Å². The molecule has 2 aromatic rings. The first-order valence-electron chi connectivity index (χ1n) is 8.37. The Morgan fingerprint density at radius 1 is 1.33 bits per heavy atom. The Hall–Kier alpha value is -3.18. The minimum atomic E-state index is -0.566. The molecular formula is C19H22FN5O2. The third-order valence-corrected chi connectivity index (χ3v) is 3.68. The molecule has 2 N–H and O–H groups in total. The highest BCUT2D eigenvalue weighted by molar-refractivity contribution is 5.94. The van der Waals surface area contributed by atoms with Gasteiger partial charge in [-0.1, -0.05) is 18.1 Å². The Morgan fingerprint density at radius 2 is 2.04 bits per heavy atom. The Balaban J connectivity index is 2.34. The molecule has 1 aromatic heterocycles. The molecule has 7 nitrogen and oxygen atoms in total. The van der Waals surface area contributed by atoms with Gasteiger partial charge in [0, 0.05) is 19.2 Å². The number of hydrogen-bond donors (Lipinski definition) is 2. The number of nitrogens with one attached hydrogen (secondary N) is 2. The molecule has 0 aliphatic carbocycles. The summed E-state index contributed by atoms with van der Waals surface area (Å²) in [7, 11) is 3.87. The number of benzene rings is 1. The Kier molecular flexibility index (Phi) is 7.08.